The van der Waals surface area contributed by atoms with Crippen LogP contribution in [0, 0.1) is 6.92 Å². The number of fused-ring (bicyclic) bond motifs is 1. The monoisotopic (exact) mass is 389 g/mol. The number of anilines is 1. The normalized spacial score (nSPS) is 17.8. The van der Waals surface area contributed by atoms with Crippen molar-refractivity contribution in [3.05, 3.63) is 39.7 Å². The molecule has 0 N–H and O–H groups in total. The van der Waals surface area contributed by atoms with E-state index in [1.807, 2.05) is 17.6 Å². The maximum absolute atomic E-state index is 12.9. The Balaban J connectivity index is 1.85. The second-order valence-corrected chi connectivity index (χ2v) is 7.57. The first-order valence-corrected chi connectivity index (χ1v) is 9.48. The van der Waals surface area contributed by atoms with Gasteiger partial charge in [-0.2, -0.15) is 0 Å². The van der Waals surface area contributed by atoms with Gasteiger partial charge in [-0.3, -0.25) is 4.79 Å². The minimum atomic E-state index is -3.25. The van der Waals surface area contributed by atoms with Gasteiger partial charge < -0.3 is 19.0 Å². The average molecular weight is 389 g/mol. The standard InChI is InChI=1S/C19H22BF2N3O3/c1-12-16(24-9-7-23(2)8-10-24)6-5-14-17(12)25(13-3-4-13)11-15(18(14)26)19(27)28-20(21)22/h5-6,11,13H,3-4,7-10H2,1-2H3. The predicted octanol–water partition coefficient (Wildman–Crippen LogP) is 2.48. The van der Waals surface area contributed by atoms with E-state index in [1.165, 1.54) is 6.20 Å². The van der Waals surface area contributed by atoms with Crippen molar-refractivity contribution in [2.24, 2.45) is 0 Å². The van der Waals surface area contributed by atoms with Crippen LogP contribution < -0.4 is 10.3 Å². The summed E-state index contributed by atoms with van der Waals surface area (Å²) in [6.07, 6.45) is 3.26. The summed E-state index contributed by atoms with van der Waals surface area (Å²) in [5, 5.41) is 0.367. The smallest absolute Gasteiger partial charge is 0.474 e. The van der Waals surface area contributed by atoms with Crippen molar-refractivity contribution >= 4 is 30.0 Å². The molecule has 2 aromatic rings. The lowest BCUT2D eigenvalue weighted by atomic mass is 10.0. The average Bonchev–Trinajstić information content (AvgIpc) is 3.48. The first kappa shape index (κ1) is 18.9. The Morgan fingerprint density at radius 2 is 1.86 bits per heavy atom. The second kappa shape index (κ2) is 7.20. The van der Waals surface area contributed by atoms with E-state index >= 15 is 0 Å². The summed E-state index contributed by atoms with van der Waals surface area (Å²) in [5.74, 6) is -1.28. The number of hydrogen-bond acceptors (Lipinski definition) is 5. The molecule has 1 saturated heterocycles. The van der Waals surface area contributed by atoms with Crippen LogP contribution in [0.4, 0.5) is 14.3 Å². The van der Waals surface area contributed by atoms with Crippen LogP contribution in [0.5, 0.6) is 0 Å². The number of aromatic nitrogens is 1. The van der Waals surface area contributed by atoms with Crippen molar-refractivity contribution in [2.75, 3.05) is 38.1 Å². The van der Waals surface area contributed by atoms with Crippen molar-refractivity contribution < 1.29 is 18.1 Å². The van der Waals surface area contributed by atoms with Gasteiger partial charge in [-0.1, -0.05) is 0 Å². The number of carbonyl (C=O) groups excluding carboxylic acids is 1. The third-order valence-corrected chi connectivity index (χ3v) is 5.62. The Morgan fingerprint density at radius 1 is 1.18 bits per heavy atom. The highest BCUT2D eigenvalue weighted by atomic mass is 19.2. The highest BCUT2D eigenvalue weighted by Gasteiger charge is 2.30. The van der Waals surface area contributed by atoms with Crippen molar-refractivity contribution in [1.82, 2.24) is 9.47 Å². The zero-order chi connectivity index (χ0) is 20.0. The number of benzene rings is 1. The van der Waals surface area contributed by atoms with Crippen molar-refractivity contribution in [3.63, 3.8) is 0 Å². The minimum absolute atomic E-state index is 0.169. The zero-order valence-corrected chi connectivity index (χ0v) is 16.0. The summed E-state index contributed by atoms with van der Waals surface area (Å²) in [7, 11) is -1.16. The molecule has 1 aliphatic heterocycles. The molecule has 2 heterocycles. The van der Waals surface area contributed by atoms with Crippen LogP contribution in [-0.4, -0.2) is 56.1 Å². The van der Waals surface area contributed by atoms with Gasteiger partial charge in [0.05, 0.1) is 5.52 Å². The lowest BCUT2D eigenvalue weighted by Gasteiger charge is -2.35. The first-order chi connectivity index (χ1) is 13.4. The van der Waals surface area contributed by atoms with Gasteiger partial charge in [-0.25, -0.2) is 13.4 Å². The number of halogens is 2. The molecule has 1 aliphatic carbocycles. The molecule has 28 heavy (non-hydrogen) atoms. The van der Waals surface area contributed by atoms with Crippen LogP contribution in [0.15, 0.2) is 23.1 Å². The van der Waals surface area contributed by atoms with Gasteiger partial charge in [-0.05, 0) is 44.5 Å². The SMILES string of the molecule is Cc1c(N2CCN(C)CC2)ccc2c(=O)c(C(=O)OB(F)F)cn(C3CC3)c12. The molecule has 1 aromatic carbocycles. The van der Waals surface area contributed by atoms with E-state index in [2.05, 4.69) is 21.5 Å². The fourth-order valence-electron chi connectivity index (χ4n) is 3.93. The summed E-state index contributed by atoms with van der Waals surface area (Å²) in [5.41, 5.74) is 1.91. The zero-order valence-electron chi connectivity index (χ0n) is 16.0. The quantitative estimate of drug-likeness (QED) is 0.753. The topological polar surface area (TPSA) is 54.8 Å². The highest BCUT2D eigenvalue weighted by molar-refractivity contribution is 6.38. The van der Waals surface area contributed by atoms with E-state index in [4.69, 9.17) is 0 Å². The molecule has 4 rings (SSSR count). The van der Waals surface area contributed by atoms with Gasteiger partial charge >= 0.3 is 13.4 Å². The van der Waals surface area contributed by atoms with Crippen LogP contribution in [0.25, 0.3) is 10.9 Å². The second-order valence-electron chi connectivity index (χ2n) is 7.57. The summed E-state index contributed by atoms with van der Waals surface area (Å²) < 4.78 is 30.8. The van der Waals surface area contributed by atoms with E-state index in [-0.39, 0.29) is 11.6 Å². The summed E-state index contributed by atoms with van der Waals surface area (Å²) >= 11 is 0. The van der Waals surface area contributed by atoms with E-state index in [1.54, 1.807) is 6.07 Å². The van der Waals surface area contributed by atoms with Crippen LogP contribution in [0.3, 0.4) is 0 Å². The van der Waals surface area contributed by atoms with Crippen LogP contribution in [0.2, 0.25) is 0 Å². The number of carbonyl (C=O) groups is 1. The first-order valence-electron chi connectivity index (χ1n) is 9.48. The van der Waals surface area contributed by atoms with E-state index in [0.29, 0.717) is 5.39 Å². The predicted molar refractivity (Wildman–Crippen MR) is 104 cm³/mol. The molecule has 0 bridgehead atoms. The molecule has 0 radical (unpaired) electrons. The lowest BCUT2D eigenvalue weighted by molar-refractivity contribution is 0.0693. The lowest BCUT2D eigenvalue weighted by Crippen LogP contribution is -2.44. The fourth-order valence-corrected chi connectivity index (χ4v) is 3.93. The fraction of sp³-hybridized carbons (Fsp3) is 0.474. The Kier molecular flexibility index (Phi) is 4.87. The molecule has 9 heteroatoms. The molecule has 0 spiro atoms. The Bertz CT molecular complexity index is 983. The van der Waals surface area contributed by atoms with Gasteiger partial charge in [0.1, 0.15) is 5.56 Å². The molecule has 0 atom stereocenters. The van der Waals surface area contributed by atoms with Crippen molar-refractivity contribution in [1.29, 1.82) is 0 Å². The van der Waals surface area contributed by atoms with E-state index in [9.17, 15) is 18.2 Å². The van der Waals surface area contributed by atoms with Gasteiger partial charge in [0.15, 0.2) is 0 Å². The minimum Gasteiger partial charge on any atom is -0.474 e. The molecule has 2 fully saturated rings. The Hall–Kier alpha value is -2.42. The van der Waals surface area contributed by atoms with Gasteiger partial charge in [0.2, 0.25) is 5.43 Å². The third-order valence-electron chi connectivity index (χ3n) is 5.62. The number of aryl methyl sites for hydroxylation is 1. The summed E-state index contributed by atoms with van der Waals surface area (Å²) in [6, 6.07) is 3.77. The molecule has 0 unspecified atom stereocenters. The van der Waals surface area contributed by atoms with E-state index < -0.39 is 18.9 Å². The highest BCUT2D eigenvalue weighted by Crippen LogP contribution is 2.39. The summed E-state index contributed by atoms with van der Waals surface area (Å²) in [6.45, 7) is 5.70. The van der Waals surface area contributed by atoms with Crippen molar-refractivity contribution in [3.8, 4) is 0 Å². The molecule has 2 aliphatic rings. The molecular weight excluding hydrogens is 367 g/mol. The van der Waals surface area contributed by atoms with Gasteiger partial charge in [0.25, 0.3) is 0 Å². The van der Waals surface area contributed by atoms with Crippen LogP contribution in [0.1, 0.15) is 34.8 Å². The van der Waals surface area contributed by atoms with Gasteiger partial charge in [0, 0.05) is 49.5 Å². The third kappa shape index (κ3) is 3.39. The number of hydrogen-bond donors (Lipinski definition) is 0. The number of pyridine rings is 1. The number of nitrogens with zero attached hydrogens (tertiary/aromatic N) is 3. The number of rotatable bonds is 4. The number of piperazine rings is 1. The van der Waals surface area contributed by atoms with Gasteiger partial charge in [-0.15, -0.1) is 0 Å². The maximum Gasteiger partial charge on any atom is 0.798 e. The molecule has 0 amide bonds. The van der Waals surface area contributed by atoms with E-state index in [0.717, 1.165) is 55.8 Å². The van der Waals surface area contributed by atoms with Crippen molar-refractivity contribution in [2.45, 2.75) is 25.8 Å². The maximum atomic E-state index is 12.9. The Labute approximate surface area is 161 Å². The molecule has 1 saturated carbocycles. The number of likely N-dealkylation sites (N-methyl/N-ethyl adjacent to an activating group) is 1. The van der Waals surface area contributed by atoms with Crippen LogP contribution in [-0.2, 0) is 4.65 Å². The van der Waals surface area contributed by atoms with Crippen LogP contribution >= 0.6 is 0 Å². The summed E-state index contributed by atoms with van der Waals surface area (Å²) in [4.78, 5) is 29.4. The molecule has 148 valence electrons. The molecule has 1 aromatic heterocycles. The molecule has 6 nitrogen and oxygen atoms in total. The Morgan fingerprint density at radius 3 is 2.46 bits per heavy atom. The molecular formula is C19H22BF2N3O3. The largest absolute Gasteiger partial charge is 0.798 e.